The van der Waals surface area contributed by atoms with Gasteiger partial charge >= 0.3 is 0 Å². The Bertz CT molecular complexity index is 398. The Morgan fingerprint density at radius 3 is 2.31 bits per heavy atom. The zero-order valence-electron chi connectivity index (χ0n) is 7.56. The fourth-order valence-electron chi connectivity index (χ4n) is 1.00. The molecule has 1 aromatic carbocycles. The SMILES string of the molecule is Cc1ccccc1S(=O)(=O)N(C)N. The highest BCUT2D eigenvalue weighted by molar-refractivity contribution is 7.89. The molecule has 0 atom stereocenters. The second kappa shape index (κ2) is 3.45. The topological polar surface area (TPSA) is 63.4 Å². The van der Waals surface area contributed by atoms with E-state index < -0.39 is 10.0 Å². The summed E-state index contributed by atoms with van der Waals surface area (Å²) < 4.78 is 23.8. The highest BCUT2D eigenvalue weighted by Gasteiger charge is 2.18. The Labute approximate surface area is 78.0 Å². The highest BCUT2D eigenvalue weighted by atomic mass is 32.2. The number of benzene rings is 1. The van der Waals surface area contributed by atoms with E-state index in [0.717, 1.165) is 4.41 Å². The zero-order valence-corrected chi connectivity index (χ0v) is 8.38. The molecule has 13 heavy (non-hydrogen) atoms. The van der Waals surface area contributed by atoms with Crippen molar-refractivity contribution in [2.45, 2.75) is 11.8 Å². The minimum atomic E-state index is -3.50. The number of hydrazine groups is 1. The van der Waals surface area contributed by atoms with Crippen LogP contribution >= 0.6 is 0 Å². The number of hydrogen-bond donors (Lipinski definition) is 1. The summed E-state index contributed by atoms with van der Waals surface area (Å²) in [4.78, 5) is 0.250. The van der Waals surface area contributed by atoms with Gasteiger partial charge in [0.15, 0.2) is 0 Å². The van der Waals surface area contributed by atoms with Crippen molar-refractivity contribution in [2.75, 3.05) is 7.05 Å². The molecule has 0 amide bonds. The number of nitrogens with zero attached hydrogens (tertiary/aromatic N) is 1. The second-order valence-corrected chi connectivity index (χ2v) is 4.75. The number of aryl methyl sites for hydroxylation is 1. The minimum absolute atomic E-state index is 0.250. The van der Waals surface area contributed by atoms with Gasteiger partial charge in [0, 0.05) is 7.05 Å². The average molecular weight is 200 g/mol. The van der Waals surface area contributed by atoms with E-state index in [9.17, 15) is 8.42 Å². The summed E-state index contributed by atoms with van der Waals surface area (Å²) in [5.74, 6) is 5.22. The quantitative estimate of drug-likeness (QED) is 0.558. The summed E-state index contributed by atoms with van der Waals surface area (Å²) in [7, 11) is -2.19. The van der Waals surface area contributed by atoms with Gasteiger partial charge in [0.25, 0.3) is 10.0 Å². The molecule has 0 bridgehead atoms. The molecule has 0 saturated heterocycles. The smallest absolute Gasteiger partial charge is 0.255 e. The van der Waals surface area contributed by atoms with E-state index in [0.29, 0.717) is 5.56 Å². The van der Waals surface area contributed by atoms with Gasteiger partial charge in [0.2, 0.25) is 0 Å². The molecule has 0 aromatic heterocycles. The highest BCUT2D eigenvalue weighted by Crippen LogP contribution is 2.15. The predicted molar refractivity (Wildman–Crippen MR) is 50.3 cm³/mol. The Hall–Kier alpha value is -0.910. The van der Waals surface area contributed by atoms with Crippen LogP contribution in [0.25, 0.3) is 0 Å². The van der Waals surface area contributed by atoms with Crippen molar-refractivity contribution in [3.63, 3.8) is 0 Å². The van der Waals surface area contributed by atoms with E-state index in [2.05, 4.69) is 0 Å². The molecule has 1 aromatic rings. The van der Waals surface area contributed by atoms with Crippen molar-refractivity contribution >= 4 is 10.0 Å². The van der Waals surface area contributed by atoms with E-state index in [1.165, 1.54) is 13.1 Å². The zero-order chi connectivity index (χ0) is 10.1. The van der Waals surface area contributed by atoms with Crippen LogP contribution in [0.3, 0.4) is 0 Å². The maximum Gasteiger partial charge on any atom is 0.255 e. The van der Waals surface area contributed by atoms with E-state index in [-0.39, 0.29) is 4.90 Å². The minimum Gasteiger partial charge on any atom is -0.255 e. The van der Waals surface area contributed by atoms with Crippen LogP contribution in [-0.4, -0.2) is 19.9 Å². The molecule has 72 valence electrons. The number of sulfonamides is 1. The molecule has 0 radical (unpaired) electrons. The van der Waals surface area contributed by atoms with Crippen LogP contribution in [-0.2, 0) is 10.0 Å². The van der Waals surface area contributed by atoms with Crippen molar-refractivity contribution in [1.82, 2.24) is 4.41 Å². The van der Waals surface area contributed by atoms with Crippen LogP contribution in [0.4, 0.5) is 0 Å². The first kappa shape index (κ1) is 10.2. The third kappa shape index (κ3) is 1.88. The molecular formula is C8H12N2O2S. The number of hydrogen-bond acceptors (Lipinski definition) is 3. The molecule has 2 N–H and O–H groups in total. The fourth-order valence-corrected chi connectivity index (χ4v) is 2.04. The van der Waals surface area contributed by atoms with Crippen molar-refractivity contribution < 1.29 is 8.42 Å². The van der Waals surface area contributed by atoms with Gasteiger partial charge in [-0.05, 0) is 18.6 Å². The van der Waals surface area contributed by atoms with Gasteiger partial charge in [0.1, 0.15) is 0 Å². The summed E-state index contributed by atoms with van der Waals surface area (Å²) in [5, 5.41) is 0. The lowest BCUT2D eigenvalue weighted by Crippen LogP contribution is -2.33. The first-order chi connectivity index (χ1) is 5.96. The molecule has 1 rings (SSSR count). The fraction of sp³-hybridized carbons (Fsp3) is 0.250. The predicted octanol–water partition coefficient (Wildman–Crippen LogP) is 0.489. The van der Waals surface area contributed by atoms with Gasteiger partial charge in [-0.3, -0.25) is 5.84 Å². The first-order valence-electron chi connectivity index (χ1n) is 3.75. The molecule has 0 aliphatic rings. The summed E-state index contributed by atoms with van der Waals surface area (Å²) >= 11 is 0. The molecular weight excluding hydrogens is 188 g/mol. The van der Waals surface area contributed by atoms with Crippen molar-refractivity contribution in [3.8, 4) is 0 Å². The lowest BCUT2D eigenvalue weighted by atomic mass is 10.2. The van der Waals surface area contributed by atoms with Gasteiger partial charge in [-0.15, -0.1) is 4.41 Å². The normalized spacial score (nSPS) is 12.0. The van der Waals surface area contributed by atoms with Crippen LogP contribution in [0.2, 0.25) is 0 Å². The molecule has 5 heteroatoms. The molecule has 0 aliphatic carbocycles. The molecule has 0 aliphatic heterocycles. The van der Waals surface area contributed by atoms with E-state index in [4.69, 9.17) is 5.84 Å². The summed E-state index contributed by atoms with van der Waals surface area (Å²) in [6, 6.07) is 6.72. The van der Waals surface area contributed by atoms with Gasteiger partial charge in [-0.25, -0.2) is 8.42 Å². The molecule has 0 heterocycles. The molecule has 4 nitrogen and oxygen atoms in total. The third-order valence-corrected chi connectivity index (χ3v) is 3.52. The monoisotopic (exact) mass is 200 g/mol. The van der Waals surface area contributed by atoms with Crippen LogP contribution in [0.15, 0.2) is 29.2 Å². The number of rotatable bonds is 2. The standard InChI is InChI=1S/C8H12N2O2S/c1-7-5-3-4-6-8(7)13(11,12)10(2)9/h3-6H,9H2,1-2H3. The number of nitrogens with two attached hydrogens (primary N) is 1. The maximum atomic E-state index is 11.6. The Balaban J connectivity index is 3.32. The lowest BCUT2D eigenvalue weighted by Gasteiger charge is -2.12. The van der Waals surface area contributed by atoms with Crippen molar-refractivity contribution in [3.05, 3.63) is 29.8 Å². The van der Waals surface area contributed by atoms with E-state index >= 15 is 0 Å². The van der Waals surface area contributed by atoms with Gasteiger partial charge in [0.05, 0.1) is 4.90 Å². The Kier molecular flexibility index (Phi) is 2.70. The van der Waals surface area contributed by atoms with Crippen LogP contribution in [0, 0.1) is 6.92 Å². The summed E-state index contributed by atoms with van der Waals surface area (Å²) in [5.41, 5.74) is 0.694. The van der Waals surface area contributed by atoms with E-state index in [1.54, 1.807) is 25.1 Å². The lowest BCUT2D eigenvalue weighted by molar-refractivity contribution is 0.486. The van der Waals surface area contributed by atoms with Crippen LogP contribution in [0.5, 0.6) is 0 Å². The molecule has 0 fully saturated rings. The summed E-state index contributed by atoms with van der Waals surface area (Å²) in [6.07, 6.45) is 0. The third-order valence-electron chi connectivity index (χ3n) is 1.75. The summed E-state index contributed by atoms with van der Waals surface area (Å²) in [6.45, 7) is 1.73. The largest absolute Gasteiger partial charge is 0.255 e. The van der Waals surface area contributed by atoms with Crippen molar-refractivity contribution in [1.29, 1.82) is 0 Å². The van der Waals surface area contributed by atoms with Gasteiger partial charge in [-0.1, -0.05) is 18.2 Å². The maximum absolute atomic E-state index is 11.6. The molecule has 0 unspecified atom stereocenters. The molecule has 0 spiro atoms. The Morgan fingerprint density at radius 1 is 1.31 bits per heavy atom. The van der Waals surface area contributed by atoms with Crippen molar-refractivity contribution in [2.24, 2.45) is 5.84 Å². The van der Waals surface area contributed by atoms with Gasteiger partial charge < -0.3 is 0 Å². The van der Waals surface area contributed by atoms with E-state index in [1.807, 2.05) is 0 Å². The molecule has 0 saturated carbocycles. The van der Waals surface area contributed by atoms with Gasteiger partial charge in [-0.2, -0.15) is 0 Å². The first-order valence-corrected chi connectivity index (χ1v) is 5.19. The second-order valence-electron chi connectivity index (χ2n) is 2.79. The average Bonchev–Trinajstić information content (AvgIpc) is 2.04. The Morgan fingerprint density at radius 2 is 1.85 bits per heavy atom. The van der Waals surface area contributed by atoms with Crippen LogP contribution in [0.1, 0.15) is 5.56 Å². The van der Waals surface area contributed by atoms with Crippen LogP contribution < -0.4 is 5.84 Å².